The van der Waals surface area contributed by atoms with E-state index in [1.165, 1.54) is 38.5 Å². The van der Waals surface area contributed by atoms with Gasteiger partial charge in [0.1, 0.15) is 6.61 Å². The van der Waals surface area contributed by atoms with Crippen LogP contribution >= 0.6 is 0 Å². The Bertz CT molecular complexity index is 1680. The molecular weight excluding hydrogens is 741 g/mol. The Hall–Kier alpha value is -1.67. The Kier molecular flexibility index (Phi) is 9.81. The van der Waals surface area contributed by atoms with Crippen molar-refractivity contribution in [2.75, 3.05) is 13.2 Å². The number of fused-ring (bicyclic) bond motifs is 27. The number of esters is 3. The van der Waals surface area contributed by atoms with Crippen LogP contribution in [0.25, 0.3) is 0 Å². The minimum atomic E-state index is -0.642. The third-order valence-corrected chi connectivity index (χ3v) is 22.7. The van der Waals surface area contributed by atoms with E-state index in [-0.39, 0.29) is 42.5 Å². The molecule has 0 aromatic carbocycles. The van der Waals surface area contributed by atoms with Gasteiger partial charge in [0.25, 0.3) is 0 Å². The molecule has 0 aromatic heterocycles. The maximum atomic E-state index is 12.6. The van der Waals surface area contributed by atoms with Crippen LogP contribution in [0.4, 0.5) is 0 Å². The van der Waals surface area contributed by atoms with Crippen molar-refractivity contribution in [1.82, 2.24) is 0 Å². The highest BCUT2D eigenvalue weighted by Crippen LogP contribution is 2.73. The second kappa shape index (κ2) is 14.4. The molecule has 328 valence electrons. The van der Waals surface area contributed by atoms with Crippen molar-refractivity contribution < 1.29 is 38.8 Å². The van der Waals surface area contributed by atoms with E-state index in [9.17, 15) is 24.6 Å². The molecule has 29 atom stereocenters. The molecule has 13 fully saturated rings. The summed E-state index contributed by atoms with van der Waals surface area (Å²) in [7, 11) is 0. The summed E-state index contributed by atoms with van der Waals surface area (Å²) < 4.78 is 15.8. The first-order valence-corrected chi connectivity index (χ1v) is 25.1. The van der Waals surface area contributed by atoms with Crippen LogP contribution in [0.3, 0.4) is 0 Å². The summed E-state index contributed by atoms with van der Waals surface area (Å²) in [6, 6.07) is 0. The van der Waals surface area contributed by atoms with E-state index in [1.807, 2.05) is 0 Å². The molecule has 0 amide bonds. The molecule has 0 radical (unpaired) electrons. The second-order valence-electron chi connectivity index (χ2n) is 24.1. The molecule has 59 heavy (non-hydrogen) atoms. The van der Waals surface area contributed by atoms with Crippen LogP contribution in [0.2, 0.25) is 0 Å². The third kappa shape index (κ3) is 5.80. The van der Waals surface area contributed by atoms with Gasteiger partial charge in [-0.1, -0.05) is 41.5 Å². The smallest absolute Gasteiger partial charge is 0.347 e. The Morgan fingerprint density at radius 3 is 1.42 bits per heavy atom. The first-order valence-electron chi connectivity index (χ1n) is 25.1. The Balaban J connectivity index is 0.000000103. The number of ether oxygens (including phenoxy) is 3. The molecule has 0 spiro atoms. The molecule has 12 aliphatic carbocycles. The van der Waals surface area contributed by atoms with Gasteiger partial charge in [-0.25, -0.2) is 4.79 Å². The van der Waals surface area contributed by atoms with Crippen molar-refractivity contribution in [3.05, 3.63) is 0 Å². The normalized spacial score (nSPS) is 59.2. The van der Waals surface area contributed by atoms with Crippen LogP contribution in [0, 0.1) is 154 Å². The second-order valence-corrected chi connectivity index (χ2v) is 24.1. The maximum Gasteiger partial charge on any atom is 0.347 e. The fourth-order valence-corrected chi connectivity index (χ4v) is 20.3. The number of hydrogen-bond donors (Lipinski definition) is 2. The summed E-state index contributed by atoms with van der Waals surface area (Å²) in [6.45, 7) is 16.9. The highest BCUT2D eigenvalue weighted by molar-refractivity contribution is 5.82. The first kappa shape index (κ1) is 40.1. The topological polar surface area (TPSA) is 119 Å². The van der Waals surface area contributed by atoms with Crippen molar-refractivity contribution in [3.8, 4) is 0 Å². The molecule has 0 aromatic rings. The zero-order chi connectivity index (χ0) is 41.1. The van der Waals surface area contributed by atoms with Crippen molar-refractivity contribution >= 4 is 17.9 Å². The lowest BCUT2D eigenvalue weighted by Gasteiger charge is -2.43. The Labute approximate surface area is 353 Å². The fourth-order valence-electron chi connectivity index (χ4n) is 20.3. The lowest BCUT2D eigenvalue weighted by atomic mass is 9.62. The Morgan fingerprint density at radius 2 is 0.983 bits per heavy atom. The molecule has 1 aliphatic heterocycles. The van der Waals surface area contributed by atoms with Gasteiger partial charge in [0.2, 0.25) is 6.10 Å². The predicted octanol–water partition coefficient (Wildman–Crippen LogP) is 7.92. The van der Waals surface area contributed by atoms with Gasteiger partial charge in [-0.2, -0.15) is 0 Å². The number of hydrogen-bond acceptors (Lipinski definition) is 8. The van der Waals surface area contributed by atoms with Crippen LogP contribution in [0.1, 0.15) is 113 Å². The lowest BCUT2D eigenvalue weighted by molar-refractivity contribution is -0.166. The molecule has 12 bridgehead atoms. The molecule has 12 saturated carbocycles. The zero-order valence-electron chi connectivity index (χ0n) is 37.1. The minimum Gasteiger partial charge on any atom is -0.463 e. The van der Waals surface area contributed by atoms with Gasteiger partial charge in [-0.05, 0) is 207 Å². The van der Waals surface area contributed by atoms with Crippen LogP contribution < -0.4 is 0 Å². The van der Waals surface area contributed by atoms with Crippen LogP contribution in [0.15, 0.2) is 0 Å². The molecule has 2 N–H and O–H groups in total. The molecule has 29 unspecified atom stereocenters. The summed E-state index contributed by atoms with van der Waals surface area (Å²) >= 11 is 0. The molecule has 13 aliphatic rings. The number of carbonyl (C=O) groups is 3. The average Bonchev–Trinajstić information content (AvgIpc) is 4.04. The van der Waals surface area contributed by atoms with E-state index >= 15 is 0 Å². The van der Waals surface area contributed by atoms with Crippen LogP contribution in [-0.4, -0.2) is 59.6 Å². The molecular formula is C51H76O8. The summed E-state index contributed by atoms with van der Waals surface area (Å²) in [5.74, 6) is 19.9. The van der Waals surface area contributed by atoms with E-state index in [0.29, 0.717) is 30.8 Å². The predicted molar refractivity (Wildman–Crippen MR) is 220 cm³/mol. The molecule has 8 heteroatoms. The van der Waals surface area contributed by atoms with Crippen molar-refractivity contribution in [3.63, 3.8) is 0 Å². The fraction of sp³-hybridized carbons (Fsp3) is 0.941. The maximum absolute atomic E-state index is 12.6. The van der Waals surface area contributed by atoms with E-state index in [1.54, 1.807) is 6.92 Å². The molecule has 8 nitrogen and oxygen atoms in total. The number of aliphatic hydroxyl groups is 2. The largest absolute Gasteiger partial charge is 0.463 e. The van der Waals surface area contributed by atoms with Crippen molar-refractivity contribution in [2.45, 2.75) is 131 Å². The standard InChI is InChI=1S/C19H26O4.C18H28O3.C14H22O/c1-8-9(2)12-7-11(8)16-10-5-13(17(12)16)14(6-10)18(20)23-15-3-4-22-19(15)21;1-8(19)7-21-18(20)15-5-11-4-14(15)17-13-6-12(16(11)17)9(2)10(13)3;1-6-7(2)10-5-9(6)13-8-3-11(14(10)13)12(15)4-8/h8-17H,3-7H2,1-2H3;8-17,19H,4-7H2,1-3H3;6-15H,3-5H2,1-2H3. The average molecular weight is 817 g/mol. The minimum absolute atomic E-state index is 0.0367. The van der Waals surface area contributed by atoms with Gasteiger partial charge < -0.3 is 24.4 Å². The summed E-state index contributed by atoms with van der Waals surface area (Å²) in [4.78, 5) is 36.5. The van der Waals surface area contributed by atoms with Gasteiger partial charge in [0, 0.05) is 6.42 Å². The number of rotatable bonds is 5. The SMILES string of the molecule is CC(O)COC(=O)C1CC2CC1C1C3CC(C(C)C3C)C21.CC1C(C)C2CC1C1C3CC(C(=O)OC4CCOC4=O)C(C3)C21.CC1C(C)C2CC1C1C3CC(O)C(C3)C21. The molecule has 1 saturated heterocycles. The number of aliphatic hydroxyl groups excluding tert-OH is 2. The monoisotopic (exact) mass is 817 g/mol. The summed E-state index contributed by atoms with van der Waals surface area (Å²) in [5.41, 5.74) is 0. The van der Waals surface area contributed by atoms with E-state index < -0.39 is 12.2 Å². The number of carbonyl (C=O) groups excluding carboxylic acids is 3. The molecule has 13 rings (SSSR count). The summed E-state index contributed by atoms with van der Waals surface area (Å²) in [5, 5.41) is 19.3. The highest BCUT2D eigenvalue weighted by atomic mass is 16.6. The van der Waals surface area contributed by atoms with E-state index in [0.717, 1.165) is 144 Å². The van der Waals surface area contributed by atoms with Gasteiger partial charge in [-0.15, -0.1) is 0 Å². The van der Waals surface area contributed by atoms with Crippen LogP contribution in [0.5, 0.6) is 0 Å². The lowest BCUT2D eigenvalue weighted by Crippen LogP contribution is -2.41. The quantitative estimate of drug-likeness (QED) is 0.163. The first-order chi connectivity index (χ1) is 28.2. The van der Waals surface area contributed by atoms with Crippen molar-refractivity contribution in [1.29, 1.82) is 0 Å². The van der Waals surface area contributed by atoms with E-state index in [4.69, 9.17) is 14.2 Å². The van der Waals surface area contributed by atoms with Crippen LogP contribution in [-0.2, 0) is 28.6 Å². The van der Waals surface area contributed by atoms with Gasteiger partial charge in [-0.3, -0.25) is 9.59 Å². The Morgan fingerprint density at radius 1 is 0.576 bits per heavy atom. The van der Waals surface area contributed by atoms with Gasteiger partial charge in [0.15, 0.2) is 0 Å². The van der Waals surface area contributed by atoms with Gasteiger partial charge in [0.05, 0.1) is 30.7 Å². The van der Waals surface area contributed by atoms with Crippen molar-refractivity contribution in [2.24, 2.45) is 154 Å². The number of cyclic esters (lactones) is 1. The third-order valence-electron chi connectivity index (χ3n) is 22.7. The molecule has 1 heterocycles. The van der Waals surface area contributed by atoms with E-state index in [2.05, 4.69) is 41.5 Å². The zero-order valence-corrected chi connectivity index (χ0v) is 37.1. The summed E-state index contributed by atoms with van der Waals surface area (Å²) in [6.07, 6.45) is 10.7. The van der Waals surface area contributed by atoms with Gasteiger partial charge >= 0.3 is 17.9 Å². The highest BCUT2D eigenvalue weighted by Gasteiger charge is 2.69.